The Morgan fingerprint density at radius 2 is 1.31 bits per heavy atom. The minimum atomic E-state index is -0.447. The van der Waals surface area contributed by atoms with Crippen molar-refractivity contribution in [3.63, 3.8) is 0 Å². The van der Waals surface area contributed by atoms with E-state index in [1.807, 2.05) is 53.7 Å². The van der Waals surface area contributed by atoms with Crippen LogP contribution in [0.4, 0.5) is 0 Å². The lowest BCUT2D eigenvalue weighted by Crippen LogP contribution is -2.24. The van der Waals surface area contributed by atoms with Crippen LogP contribution in [-0.2, 0) is 31.9 Å². The molecule has 7 heteroatoms. The molecule has 1 aliphatic carbocycles. The topological polar surface area (TPSA) is 78.4 Å². The minimum absolute atomic E-state index is 0.196. The summed E-state index contributed by atoms with van der Waals surface area (Å²) in [5.74, 6) is 0.204. The van der Waals surface area contributed by atoms with Crippen molar-refractivity contribution in [1.29, 1.82) is 0 Å². The molecule has 6 nitrogen and oxygen atoms in total. The fourth-order valence-corrected chi connectivity index (χ4v) is 2.87. The van der Waals surface area contributed by atoms with Crippen LogP contribution in [0, 0.1) is 0 Å². The van der Waals surface area contributed by atoms with Crippen molar-refractivity contribution in [1.82, 2.24) is 9.97 Å². The third kappa shape index (κ3) is 10.7. The van der Waals surface area contributed by atoms with Crippen molar-refractivity contribution in [3.05, 3.63) is 58.6 Å². The molecule has 0 saturated heterocycles. The van der Waals surface area contributed by atoms with Crippen LogP contribution < -0.4 is 0 Å². The molecule has 0 unspecified atom stereocenters. The number of pyridine rings is 2. The molecule has 0 bridgehead atoms. The van der Waals surface area contributed by atoms with Gasteiger partial charge in [-0.05, 0) is 77.6 Å². The molecule has 0 N–H and O–H groups in total. The van der Waals surface area contributed by atoms with Gasteiger partial charge >= 0.3 is 11.9 Å². The summed E-state index contributed by atoms with van der Waals surface area (Å²) in [5, 5.41) is 0.419. The molecule has 0 aliphatic heterocycles. The van der Waals surface area contributed by atoms with Gasteiger partial charge in [0.1, 0.15) is 16.4 Å². The zero-order valence-corrected chi connectivity index (χ0v) is 20.5. The Kier molecular flexibility index (Phi) is 8.79. The summed E-state index contributed by atoms with van der Waals surface area (Å²) in [5.41, 5.74) is 2.00. The molecular weight excluding hydrogens is 428 g/mol. The van der Waals surface area contributed by atoms with Gasteiger partial charge in [0.15, 0.2) is 0 Å². The molecule has 0 aromatic carbocycles. The van der Waals surface area contributed by atoms with Crippen molar-refractivity contribution < 1.29 is 19.1 Å². The van der Waals surface area contributed by atoms with E-state index in [1.165, 1.54) is 12.8 Å². The molecule has 0 radical (unpaired) electrons. The molecule has 2 aromatic heterocycles. The Morgan fingerprint density at radius 1 is 0.844 bits per heavy atom. The van der Waals surface area contributed by atoms with Gasteiger partial charge in [0.05, 0.1) is 12.8 Å². The maximum Gasteiger partial charge on any atom is 0.310 e. The first-order chi connectivity index (χ1) is 14.8. The summed E-state index contributed by atoms with van der Waals surface area (Å²) in [6, 6.07) is 7.42. The van der Waals surface area contributed by atoms with Crippen molar-refractivity contribution >= 4 is 23.5 Å². The van der Waals surface area contributed by atoms with Crippen LogP contribution in [0.1, 0.15) is 77.1 Å². The molecule has 2 heterocycles. The van der Waals surface area contributed by atoms with Crippen molar-refractivity contribution in [2.75, 3.05) is 0 Å². The van der Waals surface area contributed by atoms with Crippen LogP contribution in [0.25, 0.3) is 0 Å². The summed E-state index contributed by atoms with van der Waals surface area (Å²) in [4.78, 5) is 31.3. The van der Waals surface area contributed by atoms with Gasteiger partial charge in [0.25, 0.3) is 0 Å². The summed E-state index contributed by atoms with van der Waals surface area (Å²) >= 11 is 5.63. The van der Waals surface area contributed by atoms with Gasteiger partial charge < -0.3 is 9.47 Å². The van der Waals surface area contributed by atoms with E-state index in [0.29, 0.717) is 17.5 Å². The lowest BCUT2D eigenvalue weighted by molar-refractivity contribution is -0.155. The average molecular weight is 461 g/mol. The lowest BCUT2D eigenvalue weighted by atomic mass is 10.1. The van der Waals surface area contributed by atoms with Gasteiger partial charge in [-0.3, -0.25) is 14.6 Å². The third-order valence-corrected chi connectivity index (χ3v) is 4.39. The van der Waals surface area contributed by atoms with E-state index in [-0.39, 0.29) is 18.4 Å². The number of esters is 2. The fourth-order valence-electron chi connectivity index (χ4n) is 2.76. The fraction of sp³-hybridized carbons (Fsp3) is 0.520. The molecule has 1 aliphatic rings. The van der Waals surface area contributed by atoms with Gasteiger partial charge in [-0.25, -0.2) is 4.98 Å². The highest BCUT2D eigenvalue weighted by atomic mass is 35.5. The Bertz CT molecular complexity index is 894. The first-order valence-corrected chi connectivity index (χ1v) is 11.2. The van der Waals surface area contributed by atoms with E-state index in [1.54, 1.807) is 24.5 Å². The Balaban J connectivity index is 0.000000229. The van der Waals surface area contributed by atoms with Crippen molar-refractivity contribution in [2.24, 2.45) is 0 Å². The summed E-state index contributed by atoms with van der Waals surface area (Å²) in [7, 11) is 0. The second kappa shape index (κ2) is 10.9. The maximum absolute atomic E-state index is 11.6. The van der Waals surface area contributed by atoms with Crippen LogP contribution >= 0.6 is 11.6 Å². The second-order valence-corrected chi connectivity index (χ2v) is 10.3. The van der Waals surface area contributed by atoms with E-state index in [9.17, 15) is 9.59 Å². The largest absolute Gasteiger partial charge is 0.460 e. The molecule has 174 valence electrons. The molecule has 3 rings (SSSR count). The smallest absolute Gasteiger partial charge is 0.310 e. The highest BCUT2D eigenvalue weighted by Gasteiger charge is 2.24. The monoisotopic (exact) mass is 460 g/mol. The zero-order valence-electron chi connectivity index (χ0n) is 19.8. The van der Waals surface area contributed by atoms with Crippen molar-refractivity contribution in [3.8, 4) is 0 Å². The van der Waals surface area contributed by atoms with Crippen LogP contribution in [0.3, 0.4) is 0 Å². The van der Waals surface area contributed by atoms with Crippen LogP contribution in [0.5, 0.6) is 0 Å². The van der Waals surface area contributed by atoms with E-state index >= 15 is 0 Å². The quantitative estimate of drug-likeness (QED) is 0.435. The molecule has 0 amide bonds. The maximum atomic E-state index is 11.6. The molecule has 0 atom stereocenters. The summed E-state index contributed by atoms with van der Waals surface area (Å²) < 4.78 is 10.4. The van der Waals surface area contributed by atoms with E-state index in [0.717, 1.165) is 16.8 Å². The Labute approximate surface area is 195 Å². The number of rotatable bonds is 5. The minimum Gasteiger partial charge on any atom is -0.460 e. The number of hydrogen-bond acceptors (Lipinski definition) is 6. The standard InChI is InChI=1S/C14H19NO2.C11H14ClNO2/c1-14(2,3)17-13(16)8-10-4-7-12(15-9-10)11-5-6-11;1-11(2,3)15-10(14)6-8-4-5-9(12)13-7-8/h4,7,9,11H,5-6,8H2,1-3H3;4-5,7H,6H2,1-3H3. The SMILES string of the molecule is CC(C)(C)OC(=O)Cc1ccc(C2CC2)nc1.CC(C)(C)OC(=O)Cc1ccc(Cl)nc1. The number of halogens is 1. The molecule has 1 saturated carbocycles. The van der Waals surface area contributed by atoms with Gasteiger partial charge in [-0.15, -0.1) is 0 Å². The number of carbonyl (C=O) groups excluding carboxylic acids is 2. The highest BCUT2D eigenvalue weighted by molar-refractivity contribution is 6.29. The van der Waals surface area contributed by atoms with Gasteiger partial charge in [0.2, 0.25) is 0 Å². The van der Waals surface area contributed by atoms with E-state index < -0.39 is 11.2 Å². The lowest BCUT2D eigenvalue weighted by Gasteiger charge is -2.19. The number of ether oxygens (including phenoxy) is 2. The first kappa shape index (κ1) is 25.8. The molecular formula is C25H33ClN2O4. The molecule has 1 fully saturated rings. The average Bonchev–Trinajstić information content (AvgIpc) is 3.47. The van der Waals surface area contributed by atoms with Crippen molar-refractivity contribution in [2.45, 2.75) is 84.3 Å². The number of aromatic nitrogens is 2. The normalized spacial score (nSPS) is 13.6. The van der Waals surface area contributed by atoms with Gasteiger partial charge in [-0.2, -0.15) is 0 Å². The van der Waals surface area contributed by atoms with E-state index in [2.05, 4.69) is 9.97 Å². The zero-order chi connectivity index (χ0) is 23.9. The van der Waals surface area contributed by atoms with Gasteiger partial charge in [-0.1, -0.05) is 23.7 Å². The highest BCUT2D eigenvalue weighted by Crippen LogP contribution is 2.38. The third-order valence-electron chi connectivity index (χ3n) is 4.17. The predicted octanol–water partition coefficient (Wildman–Crippen LogP) is 5.46. The van der Waals surface area contributed by atoms with Crippen LogP contribution in [0.15, 0.2) is 36.7 Å². The van der Waals surface area contributed by atoms with Gasteiger partial charge in [0, 0.05) is 24.0 Å². The summed E-state index contributed by atoms with van der Waals surface area (Å²) in [6.45, 7) is 11.1. The van der Waals surface area contributed by atoms with E-state index in [4.69, 9.17) is 21.1 Å². The predicted molar refractivity (Wildman–Crippen MR) is 125 cm³/mol. The Morgan fingerprint density at radius 3 is 1.66 bits per heavy atom. The molecule has 32 heavy (non-hydrogen) atoms. The molecule has 2 aromatic rings. The Hall–Kier alpha value is -2.47. The molecule has 0 spiro atoms. The number of carbonyl (C=O) groups is 2. The first-order valence-electron chi connectivity index (χ1n) is 10.8. The van der Waals surface area contributed by atoms with Crippen LogP contribution in [0.2, 0.25) is 5.15 Å². The number of nitrogens with zero attached hydrogens (tertiary/aromatic N) is 2. The second-order valence-electron chi connectivity index (χ2n) is 9.88. The summed E-state index contributed by atoms with van der Waals surface area (Å²) in [6.07, 6.45) is 6.39. The van der Waals surface area contributed by atoms with Crippen LogP contribution in [-0.4, -0.2) is 33.1 Å². The number of hydrogen-bond donors (Lipinski definition) is 0.